The van der Waals surface area contributed by atoms with Crippen molar-refractivity contribution in [3.63, 3.8) is 0 Å². The van der Waals surface area contributed by atoms with Crippen molar-refractivity contribution < 1.29 is 18.7 Å². The molecule has 0 fully saturated rings. The van der Waals surface area contributed by atoms with E-state index in [-0.39, 0.29) is 11.8 Å². The lowest BCUT2D eigenvalue weighted by molar-refractivity contribution is -0.139. The first kappa shape index (κ1) is 24.8. The van der Waals surface area contributed by atoms with Gasteiger partial charge in [0.25, 0.3) is 0 Å². The lowest BCUT2D eigenvalue weighted by atomic mass is 9.96. The highest BCUT2D eigenvalue weighted by atomic mass is 32.2. The molecule has 4 rings (SSSR count). The maximum atomic E-state index is 14.1. The average molecular weight is 497 g/mol. The van der Waals surface area contributed by atoms with Crippen molar-refractivity contribution in [1.29, 1.82) is 0 Å². The minimum atomic E-state index is -0.522. The fourth-order valence-corrected chi connectivity index (χ4v) is 4.64. The molecule has 1 aliphatic rings. The van der Waals surface area contributed by atoms with Crippen molar-refractivity contribution in [2.45, 2.75) is 50.6 Å². The van der Waals surface area contributed by atoms with E-state index in [4.69, 9.17) is 9.47 Å². The van der Waals surface area contributed by atoms with Crippen LogP contribution in [0.4, 0.5) is 10.3 Å². The summed E-state index contributed by atoms with van der Waals surface area (Å²) in [5.41, 5.74) is 2.58. The van der Waals surface area contributed by atoms with Crippen LogP contribution in [0.3, 0.4) is 0 Å². The van der Waals surface area contributed by atoms with Crippen molar-refractivity contribution in [2.75, 3.05) is 18.5 Å². The third-order valence-corrected chi connectivity index (χ3v) is 6.49. The van der Waals surface area contributed by atoms with Crippen LogP contribution in [0.25, 0.3) is 0 Å². The zero-order valence-corrected chi connectivity index (χ0v) is 20.9. The van der Waals surface area contributed by atoms with Gasteiger partial charge < -0.3 is 14.8 Å². The first-order chi connectivity index (χ1) is 17.0. The third-order valence-electron chi connectivity index (χ3n) is 5.61. The zero-order valence-electron chi connectivity index (χ0n) is 20.1. The zero-order chi connectivity index (χ0) is 24.8. The Hall–Kier alpha value is -3.33. The molecule has 35 heavy (non-hydrogen) atoms. The lowest BCUT2D eigenvalue weighted by Gasteiger charge is -2.28. The van der Waals surface area contributed by atoms with Gasteiger partial charge in [-0.15, -0.1) is 5.10 Å². The molecular weight excluding hydrogens is 467 g/mol. The van der Waals surface area contributed by atoms with Crippen LogP contribution in [0, 0.1) is 5.82 Å². The number of aromatic nitrogens is 3. The van der Waals surface area contributed by atoms with Gasteiger partial charge in [-0.2, -0.15) is 4.98 Å². The smallest absolute Gasteiger partial charge is 0.338 e. The van der Waals surface area contributed by atoms with E-state index in [9.17, 15) is 9.18 Å². The van der Waals surface area contributed by atoms with Gasteiger partial charge in [-0.05, 0) is 49.6 Å². The number of carbonyl (C=O) groups excluding carboxylic acids is 1. The van der Waals surface area contributed by atoms with E-state index < -0.39 is 6.04 Å². The van der Waals surface area contributed by atoms with Gasteiger partial charge in [-0.3, -0.25) is 0 Å². The van der Waals surface area contributed by atoms with E-state index in [1.807, 2.05) is 45.0 Å². The third kappa shape index (κ3) is 5.67. The van der Waals surface area contributed by atoms with E-state index in [0.717, 1.165) is 24.2 Å². The number of carbonyl (C=O) groups is 1. The van der Waals surface area contributed by atoms with Crippen LogP contribution in [-0.2, 0) is 15.3 Å². The van der Waals surface area contributed by atoms with Crippen LogP contribution in [0.15, 0.2) is 65.0 Å². The number of ether oxygens (including phenoxy) is 2. The molecule has 0 saturated heterocycles. The Morgan fingerprint density at radius 1 is 1.17 bits per heavy atom. The van der Waals surface area contributed by atoms with E-state index in [1.54, 1.807) is 22.9 Å². The Kier molecular flexibility index (Phi) is 8.07. The summed E-state index contributed by atoms with van der Waals surface area (Å²) in [6.07, 6.45) is 1.73. The molecule has 2 heterocycles. The summed E-state index contributed by atoms with van der Waals surface area (Å²) in [6, 6.07) is 13.7. The van der Waals surface area contributed by atoms with E-state index in [1.165, 1.54) is 17.8 Å². The molecule has 0 spiro atoms. The summed E-state index contributed by atoms with van der Waals surface area (Å²) >= 11 is 1.34. The minimum absolute atomic E-state index is 0.260. The predicted molar refractivity (Wildman–Crippen MR) is 134 cm³/mol. The van der Waals surface area contributed by atoms with E-state index >= 15 is 0 Å². The Morgan fingerprint density at radius 2 is 1.94 bits per heavy atom. The highest BCUT2D eigenvalue weighted by Crippen LogP contribution is 2.37. The van der Waals surface area contributed by atoms with Crippen LogP contribution in [0.5, 0.6) is 5.75 Å². The lowest BCUT2D eigenvalue weighted by Crippen LogP contribution is -2.29. The predicted octanol–water partition coefficient (Wildman–Crippen LogP) is 5.74. The quantitative estimate of drug-likeness (QED) is 0.218. The van der Waals surface area contributed by atoms with Gasteiger partial charge in [-0.25, -0.2) is 13.9 Å². The van der Waals surface area contributed by atoms with Gasteiger partial charge in [0.1, 0.15) is 17.6 Å². The van der Waals surface area contributed by atoms with Gasteiger partial charge in [-0.1, -0.05) is 55.4 Å². The highest BCUT2D eigenvalue weighted by molar-refractivity contribution is 7.98. The van der Waals surface area contributed by atoms with Crippen molar-refractivity contribution in [2.24, 2.45) is 0 Å². The van der Waals surface area contributed by atoms with Crippen LogP contribution in [-0.4, -0.2) is 33.9 Å². The molecule has 0 amide bonds. The molecule has 1 aliphatic heterocycles. The maximum absolute atomic E-state index is 14.1. The molecule has 3 aromatic rings. The number of thioether (sulfide) groups is 1. The Bertz CT molecular complexity index is 1210. The van der Waals surface area contributed by atoms with Gasteiger partial charge in [0, 0.05) is 11.4 Å². The summed E-state index contributed by atoms with van der Waals surface area (Å²) < 4.78 is 26.9. The van der Waals surface area contributed by atoms with E-state index in [0.29, 0.717) is 46.9 Å². The Morgan fingerprint density at radius 3 is 2.66 bits per heavy atom. The molecule has 184 valence electrons. The van der Waals surface area contributed by atoms with Crippen LogP contribution in [0.1, 0.15) is 50.8 Å². The standard InChI is InChI=1S/C26H29FN4O3S/c1-4-6-15-34-24(32)22-17(3)28-25-29-26(35-16-19-9-7-8-10-21(19)27)30-31(25)23(22)18-11-13-20(14-12-18)33-5-2/h7-14,23H,4-6,15-16H2,1-3H3,(H,28,29,30). The number of anilines is 1. The Balaban J connectivity index is 1.66. The topological polar surface area (TPSA) is 78.3 Å². The van der Waals surface area contributed by atoms with Crippen LogP contribution in [0.2, 0.25) is 0 Å². The number of hydrogen-bond donors (Lipinski definition) is 1. The molecule has 9 heteroatoms. The normalized spacial score (nSPS) is 14.9. The number of hydrogen-bond acceptors (Lipinski definition) is 7. The van der Waals surface area contributed by atoms with Crippen LogP contribution >= 0.6 is 11.8 Å². The molecule has 0 bridgehead atoms. The second-order valence-electron chi connectivity index (χ2n) is 8.10. The molecule has 1 atom stereocenters. The maximum Gasteiger partial charge on any atom is 0.338 e. The summed E-state index contributed by atoms with van der Waals surface area (Å²) in [5, 5.41) is 8.37. The minimum Gasteiger partial charge on any atom is -0.494 e. The number of unbranched alkanes of at least 4 members (excludes halogenated alkanes) is 1. The molecule has 7 nitrogen and oxygen atoms in total. The fourth-order valence-electron chi connectivity index (χ4n) is 3.82. The molecular formula is C26H29FN4O3S. The largest absolute Gasteiger partial charge is 0.494 e. The monoisotopic (exact) mass is 496 g/mol. The number of nitrogens with zero attached hydrogens (tertiary/aromatic N) is 3. The molecule has 1 aromatic heterocycles. The van der Waals surface area contributed by atoms with Gasteiger partial charge >= 0.3 is 5.97 Å². The van der Waals surface area contributed by atoms with Crippen molar-refractivity contribution in [3.05, 3.63) is 76.7 Å². The number of halogens is 1. The van der Waals surface area contributed by atoms with Gasteiger partial charge in [0.2, 0.25) is 11.1 Å². The number of esters is 1. The summed E-state index contributed by atoms with van der Waals surface area (Å²) in [6.45, 7) is 6.74. The number of rotatable bonds is 10. The highest BCUT2D eigenvalue weighted by Gasteiger charge is 2.35. The van der Waals surface area contributed by atoms with Gasteiger partial charge in [0.05, 0.1) is 18.8 Å². The number of benzene rings is 2. The van der Waals surface area contributed by atoms with Crippen molar-refractivity contribution in [3.8, 4) is 5.75 Å². The van der Waals surface area contributed by atoms with E-state index in [2.05, 4.69) is 15.4 Å². The molecule has 0 radical (unpaired) electrons. The summed E-state index contributed by atoms with van der Waals surface area (Å²) in [5.74, 6) is 1.01. The average Bonchev–Trinajstić information content (AvgIpc) is 3.26. The molecule has 1 unspecified atom stereocenters. The van der Waals surface area contributed by atoms with Crippen molar-refractivity contribution in [1.82, 2.24) is 14.8 Å². The molecule has 1 N–H and O–H groups in total. The molecule has 2 aromatic carbocycles. The Labute approximate surface area is 208 Å². The summed E-state index contributed by atoms with van der Waals surface area (Å²) in [7, 11) is 0. The molecule has 0 saturated carbocycles. The first-order valence-electron chi connectivity index (χ1n) is 11.7. The fraction of sp³-hybridized carbons (Fsp3) is 0.346. The summed E-state index contributed by atoms with van der Waals surface area (Å²) in [4.78, 5) is 17.8. The number of fused-ring (bicyclic) bond motifs is 1. The molecule has 0 aliphatic carbocycles. The first-order valence-corrected chi connectivity index (χ1v) is 12.7. The SMILES string of the molecule is CCCCOC(=O)C1=C(C)Nc2nc(SCc3ccccc3F)nn2C1c1ccc(OCC)cc1. The second-order valence-corrected chi connectivity index (χ2v) is 9.04. The number of allylic oxidation sites excluding steroid dienone is 1. The second kappa shape index (κ2) is 11.4. The van der Waals surface area contributed by atoms with Crippen LogP contribution < -0.4 is 10.1 Å². The number of nitrogens with one attached hydrogen (secondary N) is 1. The van der Waals surface area contributed by atoms with Gasteiger partial charge in [0.15, 0.2) is 0 Å². The van der Waals surface area contributed by atoms with Crippen molar-refractivity contribution >= 4 is 23.7 Å².